The predicted octanol–water partition coefficient (Wildman–Crippen LogP) is 2.55. The van der Waals surface area contributed by atoms with Gasteiger partial charge in [0, 0.05) is 24.8 Å². The molecule has 3 rings (SSSR count). The molecule has 1 saturated heterocycles. The lowest BCUT2D eigenvalue weighted by Crippen LogP contribution is -2.55. The second-order valence-electron chi connectivity index (χ2n) is 7.06. The van der Waals surface area contributed by atoms with Gasteiger partial charge in [0.05, 0.1) is 30.0 Å². The van der Waals surface area contributed by atoms with Gasteiger partial charge >= 0.3 is 0 Å². The van der Waals surface area contributed by atoms with Crippen molar-refractivity contribution in [1.29, 1.82) is 0 Å². The van der Waals surface area contributed by atoms with Crippen molar-refractivity contribution >= 4 is 11.7 Å². The first-order valence-electron chi connectivity index (χ1n) is 9.01. The summed E-state index contributed by atoms with van der Waals surface area (Å²) in [5.41, 5.74) is 2.22. The highest BCUT2D eigenvalue weighted by molar-refractivity contribution is 5.93. The Labute approximate surface area is 149 Å². The lowest BCUT2D eigenvalue weighted by atomic mass is 10.1. The Hall–Kier alpha value is -2.15. The van der Waals surface area contributed by atoms with Crippen LogP contribution in [0.15, 0.2) is 18.3 Å². The number of rotatable bonds is 6. The summed E-state index contributed by atoms with van der Waals surface area (Å²) in [5, 5.41) is 11.9. The summed E-state index contributed by atoms with van der Waals surface area (Å²) < 4.78 is 3.95. The number of nitrogens with zero attached hydrogens (tertiary/aromatic N) is 5. The Morgan fingerprint density at radius 2 is 2.08 bits per heavy atom. The summed E-state index contributed by atoms with van der Waals surface area (Å²) in [6.45, 7) is 11.9. The van der Waals surface area contributed by atoms with E-state index in [0.29, 0.717) is 6.04 Å². The number of nitrogens with one attached hydrogen (secondary N) is 1. The number of carbonyl (C=O) groups excluding carboxylic acids is 1. The van der Waals surface area contributed by atoms with Crippen LogP contribution in [0.25, 0.3) is 0 Å². The molecule has 0 bridgehead atoms. The molecule has 3 heterocycles. The zero-order valence-corrected chi connectivity index (χ0v) is 15.7. The van der Waals surface area contributed by atoms with Crippen LogP contribution < -0.4 is 5.32 Å². The lowest BCUT2D eigenvalue weighted by Gasteiger charge is -2.42. The quantitative estimate of drug-likeness (QED) is 0.874. The van der Waals surface area contributed by atoms with Gasteiger partial charge in [-0.25, -0.2) is 4.68 Å². The number of anilines is 1. The molecule has 1 aliphatic rings. The minimum atomic E-state index is -0.173. The van der Waals surface area contributed by atoms with Gasteiger partial charge in [0.15, 0.2) is 0 Å². The number of hydrogen-bond donors (Lipinski definition) is 1. The summed E-state index contributed by atoms with van der Waals surface area (Å²) in [6, 6.07) is 4.39. The Bertz CT molecular complexity index is 743. The van der Waals surface area contributed by atoms with E-state index in [9.17, 15) is 4.79 Å². The Balaban J connectivity index is 1.58. The Kier molecular flexibility index (Phi) is 4.94. The van der Waals surface area contributed by atoms with Gasteiger partial charge in [-0.3, -0.25) is 14.4 Å². The van der Waals surface area contributed by atoms with Gasteiger partial charge in [-0.2, -0.15) is 10.2 Å². The predicted molar refractivity (Wildman–Crippen MR) is 97.6 cm³/mol. The monoisotopic (exact) mass is 344 g/mol. The molecule has 1 amide bonds. The van der Waals surface area contributed by atoms with E-state index in [0.717, 1.165) is 31.0 Å². The third-order valence-corrected chi connectivity index (χ3v) is 5.14. The van der Waals surface area contributed by atoms with Crippen molar-refractivity contribution in [3.05, 3.63) is 29.7 Å². The van der Waals surface area contributed by atoms with Crippen molar-refractivity contribution in [3.8, 4) is 0 Å². The third-order valence-electron chi connectivity index (χ3n) is 5.14. The maximum absolute atomic E-state index is 12.6. The van der Waals surface area contributed by atoms with Crippen molar-refractivity contribution in [3.63, 3.8) is 0 Å². The fraction of sp³-hybridized carbons (Fsp3) is 0.611. The van der Waals surface area contributed by atoms with Crippen LogP contribution in [0.2, 0.25) is 0 Å². The highest BCUT2D eigenvalue weighted by Gasteiger charge is 2.35. The summed E-state index contributed by atoms with van der Waals surface area (Å²) >= 11 is 0. The minimum absolute atomic E-state index is 0.0110. The average Bonchev–Trinajstić information content (AvgIpc) is 3.11. The van der Waals surface area contributed by atoms with Crippen molar-refractivity contribution in [1.82, 2.24) is 24.5 Å². The zero-order valence-electron chi connectivity index (χ0n) is 15.7. The highest BCUT2D eigenvalue weighted by atomic mass is 16.2. The molecule has 0 unspecified atom stereocenters. The third kappa shape index (κ3) is 3.46. The van der Waals surface area contributed by atoms with Gasteiger partial charge in [0.25, 0.3) is 0 Å². The van der Waals surface area contributed by atoms with Crippen molar-refractivity contribution in [2.45, 2.75) is 59.2 Å². The molecule has 2 aromatic rings. The normalized spacial score (nSPS) is 18.0. The van der Waals surface area contributed by atoms with Gasteiger partial charge in [-0.1, -0.05) is 6.92 Å². The van der Waals surface area contributed by atoms with Crippen molar-refractivity contribution in [2.75, 3.05) is 18.4 Å². The zero-order chi connectivity index (χ0) is 18.1. The van der Waals surface area contributed by atoms with E-state index in [1.54, 1.807) is 6.20 Å². The maximum Gasteiger partial charge on any atom is 0.242 e. The Morgan fingerprint density at radius 1 is 1.36 bits per heavy atom. The second-order valence-corrected chi connectivity index (χ2v) is 7.06. The molecule has 0 aliphatic carbocycles. The van der Waals surface area contributed by atoms with Gasteiger partial charge in [0.1, 0.15) is 5.82 Å². The summed E-state index contributed by atoms with van der Waals surface area (Å²) in [5.74, 6) is 0.777. The number of carbonyl (C=O) groups is 1. The molecule has 1 N–H and O–H groups in total. The first-order valence-corrected chi connectivity index (χ1v) is 9.01. The van der Waals surface area contributed by atoms with E-state index < -0.39 is 0 Å². The van der Waals surface area contributed by atoms with E-state index in [4.69, 9.17) is 0 Å². The minimum Gasteiger partial charge on any atom is -0.310 e. The SMILES string of the molecule is CC[C@@H](C)n1nccc1NC(=O)[C@@H](C)N1CC(n2nc(C)cc2C)C1. The number of likely N-dealkylation sites (tertiary alicyclic amines) is 1. The number of hydrogen-bond acceptors (Lipinski definition) is 4. The molecule has 25 heavy (non-hydrogen) atoms. The summed E-state index contributed by atoms with van der Waals surface area (Å²) in [4.78, 5) is 14.8. The van der Waals surface area contributed by atoms with E-state index in [1.807, 2.05) is 24.6 Å². The fourth-order valence-corrected chi connectivity index (χ4v) is 3.31. The number of amides is 1. The molecule has 0 spiro atoms. The van der Waals surface area contributed by atoms with Crippen LogP contribution in [0, 0.1) is 13.8 Å². The fourth-order valence-electron chi connectivity index (χ4n) is 3.31. The number of aryl methyl sites for hydroxylation is 2. The van der Waals surface area contributed by atoms with Crippen molar-refractivity contribution < 1.29 is 4.79 Å². The molecule has 136 valence electrons. The van der Waals surface area contributed by atoms with Crippen LogP contribution in [0.5, 0.6) is 0 Å². The second kappa shape index (κ2) is 7.00. The van der Waals surface area contributed by atoms with Crippen LogP contribution in [0.3, 0.4) is 0 Å². The van der Waals surface area contributed by atoms with Crippen LogP contribution in [0.4, 0.5) is 5.82 Å². The summed E-state index contributed by atoms with van der Waals surface area (Å²) in [7, 11) is 0. The molecular formula is C18H28N6O. The molecule has 0 aromatic carbocycles. The highest BCUT2D eigenvalue weighted by Crippen LogP contribution is 2.25. The van der Waals surface area contributed by atoms with E-state index in [1.165, 1.54) is 5.69 Å². The number of aromatic nitrogens is 4. The lowest BCUT2D eigenvalue weighted by molar-refractivity contribution is -0.123. The van der Waals surface area contributed by atoms with E-state index in [2.05, 4.69) is 51.9 Å². The largest absolute Gasteiger partial charge is 0.310 e. The van der Waals surface area contributed by atoms with E-state index in [-0.39, 0.29) is 18.0 Å². The first-order chi connectivity index (χ1) is 11.9. The van der Waals surface area contributed by atoms with Crippen LogP contribution in [-0.2, 0) is 4.79 Å². The topological polar surface area (TPSA) is 68.0 Å². The molecular weight excluding hydrogens is 316 g/mol. The van der Waals surface area contributed by atoms with Gasteiger partial charge in [-0.05, 0) is 40.2 Å². The smallest absolute Gasteiger partial charge is 0.242 e. The van der Waals surface area contributed by atoms with Crippen LogP contribution >= 0.6 is 0 Å². The molecule has 1 aliphatic heterocycles. The molecule has 7 nitrogen and oxygen atoms in total. The molecule has 7 heteroatoms. The van der Waals surface area contributed by atoms with E-state index >= 15 is 0 Å². The molecule has 2 atom stereocenters. The van der Waals surface area contributed by atoms with Crippen LogP contribution in [0.1, 0.15) is 50.7 Å². The molecule has 0 saturated carbocycles. The standard InChI is InChI=1S/C18H28N6O/c1-6-13(3)24-17(7-8-19-24)20-18(25)15(5)22-10-16(11-22)23-14(4)9-12(2)21-23/h7-9,13,15-16H,6,10-11H2,1-5H3,(H,20,25)/t13-,15-/m1/s1. The van der Waals surface area contributed by atoms with Gasteiger partial charge in [0.2, 0.25) is 5.91 Å². The molecule has 2 aromatic heterocycles. The van der Waals surface area contributed by atoms with Crippen LogP contribution in [-0.4, -0.2) is 49.5 Å². The summed E-state index contributed by atoms with van der Waals surface area (Å²) in [6.07, 6.45) is 2.70. The average molecular weight is 344 g/mol. The maximum atomic E-state index is 12.6. The van der Waals surface area contributed by atoms with Crippen molar-refractivity contribution in [2.24, 2.45) is 0 Å². The molecule has 1 fully saturated rings. The molecule has 0 radical (unpaired) electrons. The Morgan fingerprint density at radius 3 is 2.68 bits per heavy atom. The van der Waals surface area contributed by atoms with Gasteiger partial charge in [-0.15, -0.1) is 0 Å². The first kappa shape index (κ1) is 17.7. The van der Waals surface area contributed by atoms with Gasteiger partial charge < -0.3 is 5.32 Å².